The van der Waals surface area contributed by atoms with Crippen LogP contribution in [0.4, 0.5) is 17.6 Å². The number of carbonyl (C=O) groups excluding carboxylic acids is 1. The van der Waals surface area contributed by atoms with Crippen LogP contribution < -0.4 is 4.74 Å². The van der Waals surface area contributed by atoms with E-state index in [0.29, 0.717) is 0 Å². The van der Waals surface area contributed by atoms with E-state index in [1.54, 1.807) is 0 Å². The minimum atomic E-state index is -5.04. The van der Waals surface area contributed by atoms with Gasteiger partial charge in [0.2, 0.25) is 0 Å². The maximum atomic E-state index is 13.7. The molecule has 0 amide bonds. The highest BCUT2D eigenvalue weighted by Gasteiger charge is 2.34. The Labute approximate surface area is 108 Å². The third-order valence-corrected chi connectivity index (χ3v) is 2.56. The topological polar surface area (TPSA) is 35.5 Å². The van der Waals surface area contributed by atoms with Gasteiger partial charge in [0.05, 0.1) is 7.11 Å². The maximum absolute atomic E-state index is 13.7. The molecule has 0 radical (unpaired) electrons. The van der Waals surface area contributed by atoms with Gasteiger partial charge < -0.3 is 9.47 Å². The van der Waals surface area contributed by atoms with Crippen molar-refractivity contribution >= 4 is 21.9 Å². The average molecular weight is 331 g/mol. The van der Waals surface area contributed by atoms with Crippen molar-refractivity contribution in [1.29, 1.82) is 0 Å². The van der Waals surface area contributed by atoms with Gasteiger partial charge in [0.25, 0.3) is 0 Å². The smallest absolute Gasteiger partial charge is 0.465 e. The number of rotatable bonds is 3. The number of hydrogen-bond donors (Lipinski definition) is 0. The van der Waals surface area contributed by atoms with Gasteiger partial charge >= 0.3 is 12.3 Å². The molecule has 18 heavy (non-hydrogen) atoms. The van der Waals surface area contributed by atoms with Crippen LogP contribution in [0.25, 0.3) is 0 Å². The zero-order valence-electron chi connectivity index (χ0n) is 8.98. The molecular weight excluding hydrogens is 324 g/mol. The summed E-state index contributed by atoms with van der Waals surface area (Å²) in [6.07, 6.45) is -5.04. The third-order valence-electron chi connectivity index (χ3n) is 1.95. The fourth-order valence-corrected chi connectivity index (χ4v) is 1.70. The second kappa shape index (κ2) is 5.55. The number of carbonyl (C=O) groups is 1. The summed E-state index contributed by atoms with van der Waals surface area (Å²) in [4.78, 5) is 11.3. The first-order chi connectivity index (χ1) is 8.30. The van der Waals surface area contributed by atoms with Crippen LogP contribution >= 0.6 is 15.9 Å². The second-order valence-corrected chi connectivity index (χ2v) is 3.65. The van der Waals surface area contributed by atoms with Crippen molar-refractivity contribution in [3.05, 3.63) is 29.1 Å². The molecule has 3 nitrogen and oxygen atoms in total. The Hall–Kier alpha value is -1.31. The summed E-state index contributed by atoms with van der Waals surface area (Å²) in [6.45, 7) is 0. The molecule has 100 valence electrons. The third kappa shape index (κ3) is 3.34. The summed E-state index contributed by atoms with van der Waals surface area (Å²) in [5, 5.41) is 0.0840. The van der Waals surface area contributed by atoms with Crippen LogP contribution in [0.1, 0.15) is 15.9 Å². The van der Waals surface area contributed by atoms with Gasteiger partial charge in [-0.3, -0.25) is 0 Å². The Morgan fingerprint density at radius 3 is 2.44 bits per heavy atom. The lowest BCUT2D eigenvalue weighted by molar-refractivity contribution is -0.275. The Morgan fingerprint density at radius 2 is 2.00 bits per heavy atom. The van der Waals surface area contributed by atoms with Crippen molar-refractivity contribution < 1.29 is 31.8 Å². The van der Waals surface area contributed by atoms with Crippen LogP contribution in [-0.2, 0) is 10.1 Å². The number of halogens is 5. The fraction of sp³-hybridized carbons (Fsp3) is 0.300. The molecule has 0 aliphatic rings. The van der Waals surface area contributed by atoms with Gasteiger partial charge in [-0.15, -0.1) is 13.2 Å². The molecule has 0 saturated carbocycles. The molecule has 0 heterocycles. The molecule has 0 aliphatic heterocycles. The SMILES string of the molecule is COC(=O)c1c(CBr)ccc(OC(F)(F)F)c1F. The number of hydrogen-bond acceptors (Lipinski definition) is 3. The van der Waals surface area contributed by atoms with E-state index in [-0.39, 0.29) is 10.9 Å². The van der Waals surface area contributed by atoms with E-state index in [1.807, 2.05) is 0 Å². The quantitative estimate of drug-likeness (QED) is 0.484. The van der Waals surface area contributed by atoms with E-state index in [2.05, 4.69) is 25.4 Å². The Bertz CT molecular complexity index is 459. The summed E-state index contributed by atoms with van der Waals surface area (Å²) in [5.41, 5.74) is -0.426. The van der Waals surface area contributed by atoms with Crippen LogP contribution in [0.15, 0.2) is 12.1 Å². The molecule has 0 N–H and O–H groups in total. The first-order valence-electron chi connectivity index (χ1n) is 4.51. The number of benzene rings is 1. The molecule has 0 aliphatic carbocycles. The molecule has 1 aromatic rings. The van der Waals surface area contributed by atoms with Crippen molar-refractivity contribution in [2.24, 2.45) is 0 Å². The molecule has 1 aromatic carbocycles. The van der Waals surface area contributed by atoms with Gasteiger partial charge in [-0.2, -0.15) is 0 Å². The molecule has 0 unspecified atom stereocenters. The summed E-state index contributed by atoms with van der Waals surface area (Å²) < 4.78 is 57.5. The van der Waals surface area contributed by atoms with Crippen LogP contribution in [0.5, 0.6) is 5.75 Å². The summed E-state index contributed by atoms with van der Waals surface area (Å²) in [7, 11) is 0.997. The van der Waals surface area contributed by atoms with E-state index in [0.717, 1.165) is 19.2 Å². The summed E-state index contributed by atoms with van der Waals surface area (Å²) >= 11 is 2.99. The number of esters is 1. The Kier molecular flexibility index (Phi) is 4.55. The van der Waals surface area contributed by atoms with Gasteiger partial charge in [-0.1, -0.05) is 22.0 Å². The minimum Gasteiger partial charge on any atom is -0.465 e. The van der Waals surface area contributed by atoms with E-state index < -0.39 is 29.5 Å². The Morgan fingerprint density at radius 1 is 1.39 bits per heavy atom. The largest absolute Gasteiger partial charge is 0.573 e. The van der Waals surface area contributed by atoms with Crippen LogP contribution in [-0.4, -0.2) is 19.4 Å². The predicted molar refractivity (Wildman–Crippen MR) is 57.1 cm³/mol. The molecule has 0 aromatic heterocycles. The van der Waals surface area contributed by atoms with Crippen LogP contribution in [0, 0.1) is 5.82 Å². The standard InChI is InChI=1S/C10H7BrF4O3/c1-17-9(16)7-5(4-11)2-3-6(8(7)12)18-10(13,14)15/h2-3H,4H2,1H3. The number of methoxy groups -OCH3 is 1. The predicted octanol–water partition coefficient (Wildman–Crippen LogP) is 3.41. The number of ether oxygens (including phenoxy) is 2. The maximum Gasteiger partial charge on any atom is 0.573 e. The van der Waals surface area contributed by atoms with E-state index in [4.69, 9.17) is 0 Å². The van der Waals surface area contributed by atoms with Crippen molar-refractivity contribution in [1.82, 2.24) is 0 Å². The van der Waals surface area contributed by atoms with Gasteiger partial charge in [0.15, 0.2) is 11.6 Å². The van der Waals surface area contributed by atoms with Crippen molar-refractivity contribution in [2.45, 2.75) is 11.7 Å². The summed E-state index contributed by atoms with van der Waals surface area (Å²) in [6, 6.07) is 1.94. The highest BCUT2D eigenvalue weighted by atomic mass is 79.9. The van der Waals surface area contributed by atoms with E-state index in [9.17, 15) is 22.4 Å². The van der Waals surface area contributed by atoms with Crippen LogP contribution in [0.3, 0.4) is 0 Å². The normalized spacial score (nSPS) is 11.2. The summed E-state index contributed by atoms with van der Waals surface area (Å²) in [5.74, 6) is -3.56. The lowest BCUT2D eigenvalue weighted by atomic mass is 10.1. The molecular formula is C10H7BrF4O3. The Balaban J connectivity index is 3.30. The van der Waals surface area contributed by atoms with Gasteiger partial charge in [-0.25, -0.2) is 9.18 Å². The highest BCUT2D eigenvalue weighted by Crippen LogP contribution is 2.30. The number of alkyl halides is 4. The average Bonchev–Trinajstić information content (AvgIpc) is 2.29. The van der Waals surface area contributed by atoms with Crippen molar-refractivity contribution in [3.63, 3.8) is 0 Å². The molecule has 8 heteroatoms. The van der Waals surface area contributed by atoms with Gasteiger partial charge in [-0.05, 0) is 11.6 Å². The highest BCUT2D eigenvalue weighted by molar-refractivity contribution is 9.08. The lowest BCUT2D eigenvalue weighted by Crippen LogP contribution is -2.19. The van der Waals surface area contributed by atoms with Crippen molar-refractivity contribution in [2.75, 3.05) is 7.11 Å². The van der Waals surface area contributed by atoms with Gasteiger partial charge in [0.1, 0.15) is 5.56 Å². The second-order valence-electron chi connectivity index (χ2n) is 3.08. The zero-order chi connectivity index (χ0) is 13.9. The van der Waals surface area contributed by atoms with E-state index in [1.165, 1.54) is 0 Å². The molecule has 0 fully saturated rings. The molecule has 0 spiro atoms. The first kappa shape index (κ1) is 14.7. The minimum absolute atomic E-state index is 0.0840. The molecule has 1 rings (SSSR count). The fourth-order valence-electron chi connectivity index (χ4n) is 1.23. The van der Waals surface area contributed by atoms with Gasteiger partial charge in [0, 0.05) is 5.33 Å². The van der Waals surface area contributed by atoms with Crippen LogP contribution in [0.2, 0.25) is 0 Å². The lowest BCUT2D eigenvalue weighted by Gasteiger charge is -2.13. The monoisotopic (exact) mass is 330 g/mol. The molecule has 0 bridgehead atoms. The first-order valence-corrected chi connectivity index (χ1v) is 5.63. The molecule has 0 atom stereocenters. The zero-order valence-corrected chi connectivity index (χ0v) is 10.6. The van der Waals surface area contributed by atoms with Crippen molar-refractivity contribution in [3.8, 4) is 5.75 Å². The molecule has 0 saturated heterocycles. The van der Waals surface area contributed by atoms with E-state index >= 15 is 0 Å².